The van der Waals surface area contributed by atoms with Crippen molar-refractivity contribution in [1.29, 1.82) is 0 Å². The number of hydrogen-bond acceptors (Lipinski definition) is 6. The first-order valence-electron chi connectivity index (χ1n) is 7.88. The molecule has 2 aromatic carbocycles. The highest BCUT2D eigenvalue weighted by Gasteiger charge is 2.16. The van der Waals surface area contributed by atoms with Crippen molar-refractivity contribution in [3.8, 4) is 11.5 Å². The molecule has 2 rings (SSSR count). The van der Waals surface area contributed by atoms with Gasteiger partial charge >= 0.3 is 5.97 Å². The van der Waals surface area contributed by atoms with Crippen molar-refractivity contribution < 1.29 is 28.5 Å². The first-order chi connectivity index (χ1) is 12.3. The second kappa shape index (κ2) is 10.7. The average Bonchev–Trinajstić information content (AvgIpc) is 2.66. The Labute approximate surface area is 146 Å². The van der Waals surface area contributed by atoms with Crippen LogP contribution in [-0.2, 0) is 19.1 Å². The summed E-state index contributed by atoms with van der Waals surface area (Å²) in [6.45, 7) is 0.392. The molecule has 1 atom stereocenters. The molecule has 0 spiro atoms. The number of carbonyl (C=O) groups excluding carboxylic acids is 2. The van der Waals surface area contributed by atoms with Crippen LogP contribution in [0.5, 0.6) is 11.5 Å². The van der Waals surface area contributed by atoms with Gasteiger partial charge in [-0.25, -0.2) is 4.79 Å². The lowest BCUT2D eigenvalue weighted by molar-refractivity contribution is -0.157. The number of rotatable bonds is 11. The number of para-hydroxylation sites is 2. The van der Waals surface area contributed by atoms with Gasteiger partial charge in [-0.05, 0) is 24.3 Å². The lowest BCUT2D eigenvalue weighted by Gasteiger charge is -2.17. The van der Waals surface area contributed by atoms with Crippen LogP contribution >= 0.6 is 0 Å². The van der Waals surface area contributed by atoms with Crippen molar-refractivity contribution in [2.24, 2.45) is 0 Å². The molecule has 0 radical (unpaired) electrons. The first kappa shape index (κ1) is 18.3. The molecule has 0 aliphatic carbocycles. The zero-order chi connectivity index (χ0) is 17.7. The molecule has 0 heterocycles. The Morgan fingerprint density at radius 1 is 0.920 bits per heavy atom. The minimum absolute atomic E-state index is 0.0290. The fourth-order valence-electron chi connectivity index (χ4n) is 2.03. The zero-order valence-corrected chi connectivity index (χ0v) is 13.7. The molecule has 132 valence electrons. The van der Waals surface area contributed by atoms with E-state index in [0.29, 0.717) is 25.2 Å². The molecule has 0 fully saturated rings. The van der Waals surface area contributed by atoms with Crippen LogP contribution in [0.2, 0.25) is 0 Å². The van der Waals surface area contributed by atoms with Crippen LogP contribution < -0.4 is 9.47 Å². The van der Waals surface area contributed by atoms with Crippen LogP contribution in [-0.4, -0.2) is 38.4 Å². The third-order valence-corrected chi connectivity index (χ3v) is 3.20. The number of benzene rings is 2. The summed E-state index contributed by atoms with van der Waals surface area (Å²) in [6.07, 6.45) is -0.208. The summed E-state index contributed by atoms with van der Waals surface area (Å²) in [7, 11) is 0. The summed E-state index contributed by atoms with van der Waals surface area (Å²) in [5.41, 5.74) is 0. The summed E-state index contributed by atoms with van der Waals surface area (Å²) in [5, 5.41) is 0. The molecule has 0 aliphatic rings. The van der Waals surface area contributed by atoms with E-state index in [4.69, 9.17) is 18.9 Å². The monoisotopic (exact) mass is 344 g/mol. The molecular weight excluding hydrogens is 324 g/mol. The highest BCUT2D eigenvalue weighted by atomic mass is 16.6. The van der Waals surface area contributed by atoms with Crippen molar-refractivity contribution in [1.82, 2.24) is 0 Å². The van der Waals surface area contributed by atoms with Crippen molar-refractivity contribution >= 4 is 12.4 Å². The van der Waals surface area contributed by atoms with E-state index in [1.54, 1.807) is 12.1 Å². The van der Waals surface area contributed by atoms with E-state index < -0.39 is 12.1 Å². The van der Waals surface area contributed by atoms with Gasteiger partial charge < -0.3 is 18.9 Å². The highest BCUT2D eigenvalue weighted by molar-refractivity contribution is 5.71. The van der Waals surface area contributed by atoms with Gasteiger partial charge in [0, 0.05) is 6.42 Å². The SMILES string of the molecule is O=COCC(CCOc1ccccc1)OC(=O)COc1ccccc1. The number of carbonyl (C=O) groups is 2. The Kier molecular flexibility index (Phi) is 7.84. The lowest BCUT2D eigenvalue weighted by atomic mass is 10.3. The van der Waals surface area contributed by atoms with Gasteiger partial charge in [0.2, 0.25) is 0 Å². The molecule has 0 amide bonds. The van der Waals surface area contributed by atoms with E-state index in [-0.39, 0.29) is 13.2 Å². The summed E-state index contributed by atoms with van der Waals surface area (Å²) in [6, 6.07) is 18.2. The van der Waals surface area contributed by atoms with Crippen LogP contribution in [0, 0.1) is 0 Å². The van der Waals surface area contributed by atoms with Crippen LogP contribution in [0.1, 0.15) is 6.42 Å². The zero-order valence-electron chi connectivity index (χ0n) is 13.7. The molecule has 0 saturated heterocycles. The third-order valence-electron chi connectivity index (χ3n) is 3.20. The third kappa shape index (κ3) is 7.39. The number of hydrogen-bond donors (Lipinski definition) is 0. The van der Waals surface area contributed by atoms with Crippen molar-refractivity contribution in [3.63, 3.8) is 0 Å². The van der Waals surface area contributed by atoms with Crippen LogP contribution in [0.15, 0.2) is 60.7 Å². The Morgan fingerprint density at radius 3 is 2.12 bits per heavy atom. The fraction of sp³-hybridized carbons (Fsp3) is 0.263. The molecule has 1 unspecified atom stereocenters. The van der Waals surface area contributed by atoms with Gasteiger partial charge in [0.15, 0.2) is 6.61 Å². The van der Waals surface area contributed by atoms with Gasteiger partial charge in [-0.2, -0.15) is 0 Å². The van der Waals surface area contributed by atoms with E-state index in [2.05, 4.69) is 0 Å². The van der Waals surface area contributed by atoms with E-state index in [0.717, 1.165) is 5.75 Å². The molecular formula is C19H20O6. The van der Waals surface area contributed by atoms with Gasteiger partial charge in [0.25, 0.3) is 6.47 Å². The molecule has 0 saturated carbocycles. The number of esters is 1. The lowest BCUT2D eigenvalue weighted by Crippen LogP contribution is -2.28. The molecule has 25 heavy (non-hydrogen) atoms. The Morgan fingerprint density at radius 2 is 1.52 bits per heavy atom. The quantitative estimate of drug-likeness (QED) is 0.461. The van der Waals surface area contributed by atoms with E-state index >= 15 is 0 Å². The molecule has 6 nitrogen and oxygen atoms in total. The van der Waals surface area contributed by atoms with Crippen molar-refractivity contribution in [2.75, 3.05) is 19.8 Å². The Hall–Kier alpha value is -3.02. The smallest absolute Gasteiger partial charge is 0.344 e. The van der Waals surface area contributed by atoms with Gasteiger partial charge in [-0.3, -0.25) is 4.79 Å². The molecule has 6 heteroatoms. The van der Waals surface area contributed by atoms with Gasteiger partial charge in [0.05, 0.1) is 6.61 Å². The molecule has 0 bridgehead atoms. The maximum Gasteiger partial charge on any atom is 0.344 e. The van der Waals surface area contributed by atoms with E-state index in [1.165, 1.54) is 0 Å². The average molecular weight is 344 g/mol. The second-order valence-corrected chi connectivity index (χ2v) is 5.09. The first-order valence-corrected chi connectivity index (χ1v) is 7.88. The highest BCUT2D eigenvalue weighted by Crippen LogP contribution is 2.11. The van der Waals surface area contributed by atoms with Crippen LogP contribution in [0.4, 0.5) is 0 Å². The summed E-state index contributed by atoms with van der Waals surface area (Å²) in [5.74, 6) is 0.756. The number of ether oxygens (including phenoxy) is 4. The predicted molar refractivity (Wildman–Crippen MR) is 90.4 cm³/mol. The molecule has 0 aromatic heterocycles. The summed E-state index contributed by atoms with van der Waals surface area (Å²) >= 11 is 0. The minimum Gasteiger partial charge on any atom is -0.493 e. The second-order valence-electron chi connectivity index (χ2n) is 5.09. The summed E-state index contributed by atoms with van der Waals surface area (Å²) < 4.78 is 20.9. The van der Waals surface area contributed by atoms with E-state index in [9.17, 15) is 9.59 Å². The normalized spacial score (nSPS) is 11.2. The van der Waals surface area contributed by atoms with Crippen molar-refractivity contribution in [2.45, 2.75) is 12.5 Å². The predicted octanol–water partition coefficient (Wildman–Crippen LogP) is 2.62. The van der Waals surface area contributed by atoms with Crippen molar-refractivity contribution in [3.05, 3.63) is 60.7 Å². The van der Waals surface area contributed by atoms with Crippen LogP contribution in [0.3, 0.4) is 0 Å². The van der Waals surface area contributed by atoms with E-state index in [1.807, 2.05) is 48.5 Å². The largest absolute Gasteiger partial charge is 0.493 e. The summed E-state index contributed by atoms with van der Waals surface area (Å²) in [4.78, 5) is 22.3. The standard InChI is InChI=1S/C19H20O6/c20-15-22-13-18(11-12-23-16-7-3-1-4-8-16)25-19(21)14-24-17-9-5-2-6-10-17/h1-10,15,18H,11-14H2. The minimum atomic E-state index is -0.596. The van der Waals surface area contributed by atoms with Gasteiger partial charge in [-0.1, -0.05) is 36.4 Å². The molecule has 0 aliphatic heterocycles. The fourth-order valence-corrected chi connectivity index (χ4v) is 2.03. The van der Waals surface area contributed by atoms with Gasteiger partial charge in [-0.15, -0.1) is 0 Å². The topological polar surface area (TPSA) is 71.1 Å². The molecule has 2 aromatic rings. The maximum atomic E-state index is 11.9. The Bertz CT molecular complexity index is 629. The van der Waals surface area contributed by atoms with Crippen LogP contribution in [0.25, 0.3) is 0 Å². The maximum absolute atomic E-state index is 11.9. The van der Waals surface area contributed by atoms with Gasteiger partial charge in [0.1, 0.15) is 24.2 Å². The Balaban J connectivity index is 1.75. The molecule has 0 N–H and O–H groups in total.